The monoisotopic (exact) mass is 301 g/mol. The average Bonchev–Trinajstić information content (AvgIpc) is 3.03. The number of hydrogen-bond donors (Lipinski definition) is 1. The molecule has 0 radical (unpaired) electrons. The molecule has 0 aliphatic carbocycles. The summed E-state index contributed by atoms with van der Waals surface area (Å²) < 4.78 is 0. The number of nitrogens with one attached hydrogen (secondary N) is 1. The Labute approximate surface area is 128 Å². The topological polar surface area (TPSA) is 45.2 Å². The summed E-state index contributed by atoms with van der Waals surface area (Å²) in [6.07, 6.45) is 5.45. The molecule has 5 heteroatoms. The first kappa shape index (κ1) is 13.9. The van der Waals surface area contributed by atoms with E-state index in [4.69, 9.17) is 11.6 Å². The van der Waals surface area contributed by atoms with E-state index in [1.807, 2.05) is 35.2 Å². The van der Waals surface area contributed by atoms with Crippen molar-refractivity contribution in [3.63, 3.8) is 0 Å². The van der Waals surface area contributed by atoms with Gasteiger partial charge in [-0.1, -0.05) is 23.7 Å². The lowest BCUT2D eigenvalue weighted by molar-refractivity contribution is 0.0792. The first-order valence-electron chi connectivity index (χ1n) is 7.00. The molecule has 2 heterocycles. The van der Waals surface area contributed by atoms with Gasteiger partial charge >= 0.3 is 0 Å². The van der Waals surface area contributed by atoms with Crippen LogP contribution in [0.25, 0.3) is 0 Å². The first-order chi connectivity index (χ1) is 10.2. The van der Waals surface area contributed by atoms with Gasteiger partial charge in [-0.05, 0) is 31.0 Å². The van der Waals surface area contributed by atoms with Crippen LogP contribution in [0.5, 0.6) is 0 Å². The average molecular weight is 302 g/mol. The molecule has 108 valence electrons. The summed E-state index contributed by atoms with van der Waals surface area (Å²) in [5, 5.41) is 3.83. The van der Waals surface area contributed by atoms with Gasteiger partial charge in [0.05, 0.1) is 28.2 Å². The molecule has 1 N–H and O–H groups in total. The highest BCUT2D eigenvalue weighted by atomic mass is 35.5. The molecule has 1 aliphatic heterocycles. The van der Waals surface area contributed by atoms with Crippen LogP contribution in [0.4, 0.5) is 11.4 Å². The molecule has 0 spiro atoms. The van der Waals surface area contributed by atoms with E-state index in [0.29, 0.717) is 10.6 Å². The molecule has 0 saturated carbocycles. The summed E-state index contributed by atoms with van der Waals surface area (Å²) in [6, 6.07) is 9.30. The summed E-state index contributed by atoms with van der Waals surface area (Å²) in [4.78, 5) is 18.4. The third-order valence-electron chi connectivity index (χ3n) is 3.53. The Bertz CT molecular complexity index is 653. The number of halogens is 1. The highest BCUT2D eigenvalue weighted by Gasteiger charge is 2.19. The van der Waals surface area contributed by atoms with Crippen molar-refractivity contribution in [1.29, 1.82) is 0 Å². The molecule has 3 rings (SSSR count). The Morgan fingerprint density at radius 2 is 1.95 bits per heavy atom. The van der Waals surface area contributed by atoms with Crippen LogP contribution < -0.4 is 5.32 Å². The van der Waals surface area contributed by atoms with E-state index in [-0.39, 0.29) is 5.91 Å². The number of aromatic nitrogens is 1. The number of carbonyl (C=O) groups is 1. The third kappa shape index (κ3) is 3.16. The minimum Gasteiger partial charge on any atom is -0.353 e. The van der Waals surface area contributed by atoms with Gasteiger partial charge in [-0.3, -0.25) is 9.78 Å². The zero-order valence-corrected chi connectivity index (χ0v) is 12.3. The van der Waals surface area contributed by atoms with E-state index in [9.17, 15) is 4.79 Å². The molecule has 1 amide bonds. The number of likely N-dealkylation sites (tertiary alicyclic amines) is 1. The van der Waals surface area contributed by atoms with Gasteiger partial charge in [0.15, 0.2) is 0 Å². The van der Waals surface area contributed by atoms with Crippen molar-refractivity contribution in [2.24, 2.45) is 0 Å². The summed E-state index contributed by atoms with van der Waals surface area (Å²) in [5.41, 5.74) is 2.16. The number of hydrogen-bond acceptors (Lipinski definition) is 3. The number of nitrogens with zero attached hydrogens (tertiary/aromatic N) is 2. The quantitative estimate of drug-likeness (QED) is 0.940. The number of amides is 1. The lowest BCUT2D eigenvalue weighted by atomic mass is 10.2. The van der Waals surface area contributed by atoms with Gasteiger partial charge in [-0.15, -0.1) is 0 Å². The summed E-state index contributed by atoms with van der Waals surface area (Å²) >= 11 is 6.12. The standard InChI is InChI=1S/C16H16ClN3O/c17-14-5-1-2-6-15(14)19-13-9-12(10-18-11-13)16(21)20-7-3-4-8-20/h1-2,5-6,9-11,19H,3-4,7-8H2. The van der Waals surface area contributed by atoms with Crippen LogP contribution in [0.1, 0.15) is 23.2 Å². The Kier molecular flexibility index (Phi) is 4.06. The predicted octanol–water partition coefficient (Wildman–Crippen LogP) is 3.71. The predicted molar refractivity (Wildman–Crippen MR) is 84.1 cm³/mol. The minimum atomic E-state index is 0.0443. The number of anilines is 2. The van der Waals surface area contributed by atoms with Crippen molar-refractivity contribution in [3.05, 3.63) is 53.3 Å². The first-order valence-corrected chi connectivity index (χ1v) is 7.38. The molecular formula is C16H16ClN3O. The van der Waals surface area contributed by atoms with E-state index < -0.39 is 0 Å². The van der Waals surface area contributed by atoms with Crippen molar-refractivity contribution in [3.8, 4) is 0 Å². The zero-order valence-electron chi connectivity index (χ0n) is 11.6. The van der Waals surface area contributed by atoms with Gasteiger partial charge in [0.1, 0.15) is 0 Å². The number of carbonyl (C=O) groups excluding carboxylic acids is 1. The van der Waals surface area contributed by atoms with Crippen LogP contribution >= 0.6 is 11.6 Å². The van der Waals surface area contributed by atoms with E-state index in [1.165, 1.54) is 0 Å². The molecule has 1 aliphatic rings. The smallest absolute Gasteiger partial charge is 0.255 e. The Hall–Kier alpha value is -2.07. The summed E-state index contributed by atoms with van der Waals surface area (Å²) in [5.74, 6) is 0.0443. The van der Waals surface area contributed by atoms with Crippen molar-refractivity contribution in [1.82, 2.24) is 9.88 Å². The number of para-hydroxylation sites is 1. The number of rotatable bonds is 3. The highest BCUT2D eigenvalue weighted by molar-refractivity contribution is 6.33. The van der Waals surface area contributed by atoms with Crippen LogP contribution in [0.15, 0.2) is 42.7 Å². The second kappa shape index (κ2) is 6.14. The van der Waals surface area contributed by atoms with E-state index >= 15 is 0 Å². The van der Waals surface area contributed by atoms with Gasteiger partial charge in [-0.2, -0.15) is 0 Å². The fourth-order valence-electron chi connectivity index (χ4n) is 2.45. The fourth-order valence-corrected chi connectivity index (χ4v) is 2.63. The van der Waals surface area contributed by atoms with Gasteiger partial charge in [0, 0.05) is 19.3 Å². The molecule has 4 nitrogen and oxygen atoms in total. The van der Waals surface area contributed by atoms with Crippen LogP contribution in [-0.2, 0) is 0 Å². The van der Waals surface area contributed by atoms with E-state index in [2.05, 4.69) is 10.3 Å². The normalized spacial score (nSPS) is 14.2. The van der Waals surface area contributed by atoms with Crippen molar-refractivity contribution < 1.29 is 4.79 Å². The summed E-state index contributed by atoms with van der Waals surface area (Å²) in [7, 11) is 0. The second-order valence-electron chi connectivity index (χ2n) is 5.07. The number of benzene rings is 1. The zero-order chi connectivity index (χ0) is 14.7. The molecule has 21 heavy (non-hydrogen) atoms. The number of pyridine rings is 1. The molecule has 0 bridgehead atoms. The van der Waals surface area contributed by atoms with Gasteiger partial charge in [-0.25, -0.2) is 0 Å². The Morgan fingerprint density at radius 1 is 1.19 bits per heavy atom. The van der Waals surface area contributed by atoms with Gasteiger partial charge in [0.25, 0.3) is 5.91 Å². The summed E-state index contributed by atoms with van der Waals surface area (Å²) in [6.45, 7) is 1.67. The molecule has 0 unspecified atom stereocenters. The lowest BCUT2D eigenvalue weighted by Gasteiger charge is -2.15. The van der Waals surface area contributed by atoms with Crippen molar-refractivity contribution >= 4 is 28.9 Å². The molecule has 1 aromatic carbocycles. The maximum absolute atomic E-state index is 12.4. The Morgan fingerprint density at radius 3 is 2.71 bits per heavy atom. The van der Waals surface area contributed by atoms with Gasteiger partial charge < -0.3 is 10.2 Å². The minimum absolute atomic E-state index is 0.0443. The molecule has 1 saturated heterocycles. The maximum atomic E-state index is 12.4. The Balaban J connectivity index is 1.80. The van der Waals surface area contributed by atoms with Gasteiger partial charge in [0.2, 0.25) is 0 Å². The van der Waals surface area contributed by atoms with Crippen LogP contribution in [-0.4, -0.2) is 28.9 Å². The molecule has 0 atom stereocenters. The molecule has 1 aromatic heterocycles. The molecular weight excluding hydrogens is 286 g/mol. The van der Waals surface area contributed by atoms with Crippen LogP contribution in [0.3, 0.4) is 0 Å². The SMILES string of the molecule is O=C(c1cncc(Nc2ccccc2Cl)c1)N1CCCC1. The van der Waals surface area contributed by atoms with Crippen molar-refractivity contribution in [2.45, 2.75) is 12.8 Å². The largest absolute Gasteiger partial charge is 0.353 e. The molecule has 2 aromatic rings. The maximum Gasteiger partial charge on any atom is 0.255 e. The highest BCUT2D eigenvalue weighted by Crippen LogP contribution is 2.25. The van der Waals surface area contributed by atoms with E-state index in [0.717, 1.165) is 37.3 Å². The second-order valence-corrected chi connectivity index (χ2v) is 5.47. The van der Waals surface area contributed by atoms with Crippen LogP contribution in [0, 0.1) is 0 Å². The van der Waals surface area contributed by atoms with Crippen molar-refractivity contribution in [2.75, 3.05) is 18.4 Å². The van der Waals surface area contributed by atoms with E-state index in [1.54, 1.807) is 12.4 Å². The molecule has 1 fully saturated rings. The third-order valence-corrected chi connectivity index (χ3v) is 3.86. The lowest BCUT2D eigenvalue weighted by Crippen LogP contribution is -2.27. The fraction of sp³-hybridized carbons (Fsp3) is 0.250. The van der Waals surface area contributed by atoms with Crippen LogP contribution in [0.2, 0.25) is 5.02 Å².